The molecule has 1 aliphatic heterocycles. The Kier molecular flexibility index (Phi) is 11.1. The zero-order valence-electron chi connectivity index (χ0n) is 14.8. The summed E-state index contributed by atoms with van der Waals surface area (Å²) in [6.45, 7) is 11.7. The summed E-state index contributed by atoms with van der Waals surface area (Å²) in [7, 11) is 0. The average molecular weight is 450 g/mol. The molecule has 1 aliphatic rings. The van der Waals surface area contributed by atoms with E-state index in [-0.39, 0.29) is 24.0 Å². The number of halogens is 1. The molecular weight excluding hydrogens is 419 g/mol. The van der Waals surface area contributed by atoms with Crippen molar-refractivity contribution in [2.24, 2.45) is 10.9 Å². The Balaban J connectivity index is 0.00000288. The van der Waals surface area contributed by atoms with Crippen LogP contribution in [0.4, 0.5) is 0 Å². The molecule has 0 aromatic carbocycles. The number of guanidine groups is 1. The lowest BCUT2D eigenvalue weighted by Gasteiger charge is -2.28. The summed E-state index contributed by atoms with van der Waals surface area (Å²) in [4.78, 5) is 7.16. The third-order valence-electron chi connectivity index (χ3n) is 3.82. The van der Waals surface area contributed by atoms with Crippen molar-refractivity contribution in [1.82, 2.24) is 15.5 Å². The van der Waals surface area contributed by atoms with E-state index in [1.165, 1.54) is 0 Å². The molecule has 0 aliphatic carbocycles. The number of ether oxygens (including phenoxy) is 1. The highest BCUT2D eigenvalue weighted by Gasteiger charge is 2.13. The first kappa shape index (κ1) is 21.2. The van der Waals surface area contributed by atoms with E-state index in [0.29, 0.717) is 5.92 Å². The van der Waals surface area contributed by atoms with Gasteiger partial charge in [-0.05, 0) is 25.0 Å². The molecule has 24 heavy (non-hydrogen) atoms. The predicted molar refractivity (Wildman–Crippen MR) is 108 cm³/mol. The van der Waals surface area contributed by atoms with Crippen molar-refractivity contribution in [3.05, 3.63) is 24.2 Å². The van der Waals surface area contributed by atoms with Crippen molar-refractivity contribution in [2.75, 3.05) is 52.5 Å². The molecule has 0 saturated carbocycles. The largest absolute Gasteiger partial charge is 0.469 e. The van der Waals surface area contributed by atoms with Gasteiger partial charge in [0.25, 0.3) is 0 Å². The van der Waals surface area contributed by atoms with Gasteiger partial charge in [-0.2, -0.15) is 0 Å². The van der Waals surface area contributed by atoms with Crippen LogP contribution in [0.3, 0.4) is 0 Å². The summed E-state index contributed by atoms with van der Waals surface area (Å²) in [6.07, 6.45) is 2.57. The molecule has 0 radical (unpaired) electrons. The molecule has 1 saturated heterocycles. The van der Waals surface area contributed by atoms with Gasteiger partial charge in [-0.25, -0.2) is 0 Å². The van der Waals surface area contributed by atoms with Crippen molar-refractivity contribution in [3.8, 4) is 0 Å². The number of hydrogen-bond acceptors (Lipinski definition) is 4. The van der Waals surface area contributed by atoms with E-state index < -0.39 is 0 Å². The number of morpholine rings is 1. The van der Waals surface area contributed by atoms with Crippen LogP contribution in [0.25, 0.3) is 0 Å². The minimum Gasteiger partial charge on any atom is -0.469 e. The van der Waals surface area contributed by atoms with Gasteiger partial charge in [0, 0.05) is 45.7 Å². The number of rotatable bonds is 8. The topological polar surface area (TPSA) is 62.0 Å². The van der Waals surface area contributed by atoms with Crippen LogP contribution in [0.15, 0.2) is 27.8 Å². The zero-order chi connectivity index (χ0) is 16.3. The number of furan rings is 1. The standard InChI is InChI=1S/C17H30N4O2.HI/c1-3-18-17(19-7-6-16-5-4-10-23-16)20-13-15(2)14-21-8-11-22-12-9-21;/h4-5,10,15H,3,6-9,11-14H2,1-2H3,(H2,18,19,20);1H. The first-order valence-corrected chi connectivity index (χ1v) is 8.62. The molecule has 1 fully saturated rings. The van der Waals surface area contributed by atoms with E-state index in [2.05, 4.69) is 29.4 Å². The molecule has 2 N–H and O–H groups in total. The van der Waals surface area contributed by atoms with E-state index in [9.17, 15) is 0 Å². The van der Waals surface area contributed by atoms with Crippen molar-refractivity contribution in [2.45, 2.75) is 20.3 Å². The maximum absolute atomic E-state index is 5.39. The maximum Gasteiger partial charge on any atom is 0.191 e. The van der Waals surface area contributed by atoms with Crippen LogP contribution in [0.5, 0.6) is 0 Å². The summed E-state index contributed by atoms with van der Waals surface area (Å²) in [6, 6.07) is 3.91. The molecule has 6 nitrogen and oxygen atoms in total. The molecule has 2 heterocycles. The SMILES string of the molecule is CCNC(=NCC(C)CN1CCOCC1)NCCc1ccco1.I. The molecule has 1 aromatic heterocycles. The lowest BCUT2D eigenvalue weighted by Crippen LogP contribution is -2.40. The number of nitrogens with zero attached hydrogens (tertiary/aromatic N) is 2. The van der Waals surface area contributed by atoms with Gasteiger partial charge in [0.15, 0.2) is 5.96 Å². The zero-order valence-corrected chi connectivity index (χ0v) is 17.1. The lowest BCUT2D eigenvalue weighted by atomic mass is 10.1. The van der Waals surface area contributed by atoms with Crippen LogP contribution in [0, 0.1) is 5.92 Å². The first-order chi connectivity index (χ1) is 11.3. The summed E-state index contributed by atoms with van der Waals surface area (Å²) < 4.78 is 10.7. The molecular formula is C17H31IN4O2. The third kappa shape index (κ3) is 8.34. The second kappa shape index (κ2) is 12.5. The Morgan fingerprint density at radius 3 is 2.79 bits per heavy atom. The Bertz CT molecular complexity index is 447. The van der Waals surface area contributed by atoms with Gasteiger partial charge in [-0.15, -0.1) is 24.0 Å². The molecule has 1 aromatic rings. The van der Waals surface area contributed by atoms with Gasteiger partial charge in [-0.1, -0.05) is 6.92 Å². The minimum atomic E-state index is 0. The predicted octanol–water partition coefficient (Wildman–Crippen LogP) is 1.96. The highest BCUT2D eigenvalue weighted by Crippen LogP contribution is 2.04. The molecule has 1 unspecified atom stereocenters. The fourth-order valence-corrected chi connectivity index (χ4v) is 2.63. The molecule has 138 valence electrons. The van der Waals surface area contributed by atoms with Gasteiger partial charge >= 0.3 is 0 Å². The Morgan fingerprint density at radius 1 is 1.33 bits per heavy atom. The summed E-state index contributed by atoms with van der Waals surface area (Å²) in [5, 5.41) is 6.66. The van der Waals surface area contributed by atoms with E-state index in [0.717, 1.165) is 70.6 Å². The van der Waals surface area contributed by atoms with E-state index in [1.54, 1.807) is 6.26 Å². The Morgan fingerprint density at radius 2 is 2.12 bits per heavy atom. The number of aliphatic imine (C=N–C) groups is 1. The van der Waals surface area contributed by atoms with Crippen LogP contribution >= 0.6 is 24.0 Å². The van der Waals surface area contributed by atoms with E-state index in [1.807, 2.05) is 12.1 Å². The minimum absolute atomic E-state index is 0. The van der Waals surface area contributed by atoms with Crippen LogP contribution in [-0.2, 0) is 11.2 Å². The summed E-state index contributed by atoms with van der Waals surface area (Å²) >= 11 is 0. The van der Waals surface area contributed by atoms with Gasteiger partial charge in [0.05, 0.1) is 19.5 Å². The van der Waals surface area contributed by atoms with Crippen LogP contribution in [0.1, 0.15) is 19.6 Å². The Hall–Kier alpha value is -0.800. The third-order valence-corrected chi connectivity index (χ3v) is 3.82. The number of nitrogens with one attached hydrogen (secondary N) is 2. The van der Waals surface area contributed by atoms with Crippen molar-refractivity contribution in [1.29, 1.82) is 0 Å². The normalized spacial score (nSPS) is 17.2. The fourth-order valence-electron chi connectivity index (χ4n) is 2.63. The molecule has 7 heteroatoms. The molecule has 0 bridgehead atoms. The van der Waals surface area contributed by atoms with Crippen molar-refractivity contribution in [3.63, 3.8) is 0 Å². The van der Waals surface area contributed by atoms with Crippen LogP contribution in [0.2, 0.25) is 0 Å². The average Bonchev–Trinajstić information content (AvgIpc) is 3.07. The van der Waals surface area contributed by atoms with Crippen LogP contribution in [-0.4, -0.2) is 63.3 Å². The molecule has 1 atom stereocenters. The quantitative estimate of drug-likeness (QED) is 0.360. The fraction of sp³-hybridized carbons (Fsp3) is 0.706. The second-order valence-electron chi connectivity index (χ2n) is 5.99. The smallest absolute Gasteiger partial charge is 0.191 e. The van der Waals surface area contributed by atoms with E-state index >= 15 is 0 Å². The highest BCUT2D eigenvalue weighted by atomic mass is 127. The van der Waals surface area contributed by atoms with Gasteiger partial charge in [0.2, 0.25) is 0 Å². The number of hydrogen-bond donors (Lipinski definition) is 2. The molecule has 0 amide bonds. The molecule has 0 spiro atoms. The monoisotopic (exact) mass is 450 g/mol. The van der Waals surface area contributed by atoms with Crippen molar-refractivity contribution < 1.29 is 9.15 Å². The van der Waals surface area contributed by atoms with E-state index in [4.69, 9.17) is 14.1 Å². The first-order valence-electron chi connectivity index (χ1n) is 8.62. The lowest BCUT2D eigenvalue weighted by molar-refractivity contribution is 0.0323. The Labute approximate surface area is 162 Å². The second-order valence-corrected chi connectivity index (χ2v) is 5.99. The van der Waals surface area contributed by atoms with Gasteiger partial charge in [-0.3, -0.25) is 9.89 Å². The van der Waals surface area contributed by atoms with Crippen molar-refractivity contribution >= 4 is 29.9 Å². The van der Waals surface area contributed by atoms with Gasteiger partial charge < -0.3 is 19.8 Å². The van der Waals surface area contributed by atoms with Crippen LogP contribution < -0.4 is 10.6 Å². The van der Waals surface area contributed by atoms with Gasteiger partial charge in [0.1, 0.15) is 5.76 Å². The molecule has 2 rings (SSSR count). The highest BCUT2D eigenvalue weighted by molar-refractivity contribution is 14.0. The summed E-state index contributed by atoms with van der Waals surface area (Å²) in [5.74, 6) is 2.41. The summed E-state index contributed by atoms with van der Waals surface area (Å²) in [5.41, 5.74) is 0. The maximum atomic E-state index is 5.39.